The van der Waals surface area contributed by atoms with Gasteiger partial charge >= 0.3 is 0 Å². The number of carbonyl (C=O) groups excluding carboxylic acids is 1. The molecule has 5 rings (SSSR count). The molecule has 1 unspecified atom stereocenters. The molecular formula is C20H26FNO. The predicted molar refractivity (Wildman–Crippen MR) is 88.3 cm³/mol. The third-order valence-electron chi connectivity index (χ3n) is 6.69. The van der Waals surface area contributed by atoms with E-state index in [0.29, 0.717) is 11.0 Å². The Morgan fingerprint density at radius 1 is 1.17 bits per heavy atom. The second-order valence-corrected chi connectivity index (χ2v) is 8.34. The van der Waals surface area contributed by atoms with Crippen LogP contribution >= 0.6 is 0 Å². The highest BCUT2D eigenvalue weighted by Gasteiger charge is 2.53. The van der Waals surface area contributed by atoms with Crippen molar-refractivity contribution >= 4 is 5.91 Å². The van der Waals surface area contributed by atoms with Crippen molar-refractivity contribution in [2.75, 3.05) is 0 Å². The first kappa shape index (κ1) is 15.2. The third-order valence-corrected chi connectivity index (χ3v) is 6.69. The number of hydrogen-bond acceptors (Lipinski definition) is 1. The smallest absolute Gasteiger partial charge is 0.224 e. The van der Waals surface area contributed by atoms with Crippen LogP contribution in [0.2, 0.25) is 0 Å². The van der Waals surface area contributed by atoms with Crippen LogP contribution < -0.4 is 5.32 Å². The number of nitrogens with one attached hydrogen (secondary N) is 1. The minimum Gasteiger partial charge on any atom is -0.353 e. The summed E-state index contributed by atoms with van der Waals surface area (Å²) in [5.41, 5.74) is 0.794. The number of carbonyl (C=O) groups is 1. The van der Waals surface area contributed by atoms with Crippen LogP contribution in [-0.4, -0.2) is 11.9 Å². The summed E-state index contributed by atoms with van der Waals surface area (Å²) in [4.78, 5) is 12.4. The van der Waals surface area contributed by atoms with Crippen molar-refractivity contribution in [3.63, 3.8) is 0 Å². The molecule has 124 valence electrons. The molecule has 0 saturated heterocycles. The molecule has 0 spiro atoms. The zero-order valence-electron chi connectivity index (χ0n) is 13.9. The van der Waals surface area contributed by atoms with Crippen LogP contribution in [0.1, 0.15) is 51.0 Å². The van der Waals surface area contributed by atoms with E-state index in [-0.39, 0.29) is 24.2 Å². The van der Waals surface area contributed by atoms with Crippen molar-refractivity contribution in [1.82, 2.24) is 5.32 Å². The molecule has 1 N–H and O–H groups in total. The van der Waals surface area contributed by atoms with E-state index >= 15 is 0 Å². The van der Waals surface area contributed by atoms with Gasteiger partial charge in [-0.2, -0.15) is 0 Å². The fourth-order valence-corrected chi connectivity index (χ4v) is 5.97. The molecule has 1 atom stereocenters. The molecule has 4 saturated carbocycles. The summed E-state index contributed by atoms with van der Waals surface area (Å²) < 4.78 is 13.7. The number of benzene rings is 1. The van der Waals surface area contributed by atoms with E-state index < -0.39 is 0 Å². The van der Waals surface area contributed by atoms with Gasteiger partial charge in [0.25, 0.3) is 0 Å². The molecule has 4 aliphatic rings. The summed E-state index contributed by atoms with van der Waals surface area (Å²) in [5, 5.41) is 3.21. The zero-order chi connectivity index (χ0) is 16.0. The second kappa shape index (κ2) is 5.61. The molecule has 4 fully saturated rings. The number of rotatable bonds is 4. The second-order valence-electron chi connectivity index (χ2n) is 8.34. The van der Waals surface area contributed by atoms with Gasteiger partial charge in [0.05, 0.1) is 6.42 Å². The Bertz CT molecular complexity index is 576. The van der Waals surface area contributed by atoms with Gasteiger partial charge < -0.3 is 5.32 Å². The molecule has 1 aromatic carbocycles. The molecular weight excluding hydrogens is 289 g/mol. The molecule has 2 nitrogen and oxygen atoms in total. The first-order chi connectivity index (χ1) is 11.0. The first-order valence-electron chi connectivity index (χ1n) is 9.07. The highest BCUT2D eigenvalue weighted by Crippen LogP contribution is 2.61. The van der Waals surface area contributed by atoms with Crippen molar-refractivity contribution in [2.24, 2.45) is 23.2 Å². The Balaban J connectivity index is 1.43. The molecule has 0 aliphatic heterocycles. The highest BCUT2D eigenvalue weighted by atomic mass is 19.1. The average Bonchev–Trinajstić information content (AvgIpc) is 2.48. The predicted octanol–water partition coefficient (Wildman–Crippen LogP) is 4.09. The molecule has 4 bridgehead atoms. The van der Waals surface area contributed by atoms with E-state index in [9.17, 15) is 9.18 Å². The summed E-state index contributed by atoms with van der Waals surface area (Å²) in [5.74, 6) is 2.31. The van der Waals surface area contributed by atoms with E-state index in [2.05, 4.69) is 12.2 Å². The van der Waals surface area contributed by atoms with Crippen LogP contribution in [0.15, 0.2) is 24.3 Å². The van der Waals surface area contributed by atoms with Crippen molar-refractivity contribution in [3.8, 4) is 0 Å². The quantitative estimate of drug-likeness (QED) is 0.891. The zero-order valence-corrected chi connectivity index (χ0v) is 13.9. The lowest BCUT2D eigenvalue weighted by Gasteiger charge is -2.59. The molecule has 1 amide bonds. The summed E-state index contributed by atoms with van der Waals surface area (Å²) in [6.45, 7) is 2.17. The summed E-state index contributed by atoms with van der Waals surface area (Å²) in [6.07, 6.45) is 8.21. The Morgan fingerprint density at radius 2 is 1.74 bits per heavy atom. The van der Waals surface area contributed by atoms with E-state index in [4.69, 9.17) is 0 Å². The van der Waals surface area contributed by atoms with E-state index in [0.717, 1.165) is 17.8 Å². The van der Waals surface area contributed by atoms with Gasteiger partial charge in [-0.05, 0) is 80.2 Å². The fraction of sp³-hybridized carbons (Fsp3) is 0.650. The van der Waals surface area contributed by atoms with Crippen LogP contribution in [-0.2, 0) is 11.2 Å². The molecule has 0 radical (unpaired) electrons. The van der Waals surface area contributed by atoms with Crippen molar-refractivity contribution < 1.29 is 9.18 Å². The Kier molecular flexibility index (Phi) is 3.70. The standard InChI is InChI=1S/C20H26FNO/c1-13(22-19(23)9-17-4-2-3-5-18(17)21)20-10-14-6-15(11-20)8-16(7-14)12-20/h2-5,13-16H,6-12H2,1H3,(H,22,23). The molecule has 0 aromatic heterocycles. The number of hydrogen-bond donors (Lipinski definition) is 1. The van der Waals surface area contributed by atoms with Gasteiger partial charge in [-0.1, -0.05) is 18.2 Å². The van der Waals surface area contributed by atoms with Crippen molar-refractivity contribution in [1.29, 1.82) is 0 Å². The minimum absolute atomic E-state index is 0.0432. The lowest BCUT2D eigenvalue weighted by atomic mass is 9.48. The SMILES string of the molecule is CC(NC(=O)Cc1ccccc1F)C12CC3CC(CC(C3)C1)C2. The summed E-state index contributed by atoms with van der Waals surface area (Å²) in [6, 6.07) is 6.77. The van der Waals surface area contributed by atoms with E-state index in [1.54, 1.807) is 18.2 Å². The minimum atomic E-state index is -0.287. The van der Waals surface area contributed by atoms with Crippen LogP contribution in [0.25, 0.3) is 0 Å². The summed E-state index contributed by atoms with van der Waals surface area (Å²) >= 11 is 0. The van der Waals surface area contributed by atoms with Crippen LogP contribution in [0.4, 0.5) is 4.39 Å². The van der Waals surface area contributed by atoms with Crippen LogP contribution in [0.5, 0.6) is 0 Å². The molecule has 23 heavy (non-hydrogen) atoms. The first-order valence-corrected chi connectivity index (χ1v) is 9.07. The van der Waals surface area contributed by atoms with Gasteiger partial charge in [0.1, 0.15) is 5.82 Å². The molecule has 3 heteroatoms. The van der Waals surface area contributed by atoms with Crippen LogP contribution in [0.3, 0.4) is 0 Å². The number of halogens is 1. The van der Waals surface area contributed by atoms with Gasteiger partial charge in [-0.25, -0.2) is 4.39 Å². The Morgan fingerprint density at radius 3 is 2.30 bits per heavy atom. The highest BCUT2D eigenvalue weighted by molar-refractivity contribution is 5.79. The maximum absolute atomic E-state index is 13.7. The maximum atomic E-state index is 13.7. The lowest BCUT2D eigenvalue weighted by molar-refractivity contribution is -0.125. The normalized spacial score (nSPS) is 36.0. The monoisotopic (exact) mass is 315 g/mol. The van der Waals surface area contributed by atoms with Gasteiger partial charge in [0, 0.05) is 6.04 Å². The Labute approximate surface area is 137 Å². The average molecular weight is 315 g/mol. The largest absolute Gasteiger partial charge is 0.353 e. The van der Waals surface area contributed by atoms with Crippen molar-refractivity contribution in [2.45, 2.75) is 57.9 Å². The topological polar surface area (TPSA) is 29.1 Å². The van der Waals surface area contributed by atoms with Gasteiger partial charge in [0.2, 0.25) is 5.91 Å². The van der Waals surface area contributed by atoms with Gasteiger partial charge in [0.15, 0.2) is 0 Å². The lowest BCUT2D eigenvalue weighted by Crippen LogP contribution is -2.56. The van der Waals surface area contributed by atoms with Gasteiger partial charge in [-0.15, -0.1) is 0 Å². The molecule has 0 heterocycles. The maximum Gasteiger partial charge on any atom is 0.224 e. The fourth-order valence-electron chi connectivity index (χ4n) is 5.97. The van der Waals surface area contributed by atoms with E-state index in [1.807, 2.05) is 0 Å². The van der Waals surface area contributed by atoms with Crippen molar-refractivity contribution in [3.05, 3.63) is 35.6 Å². The van der Waals surface area contributed by atoms with E-state index in [1.165, 1.54) is 44.6 Å². The number of amides is 1. The summed E-state index contributed by atoms with van der Waals surface area (Å²) in [7, 11) is 0. The van der Waals surface area contributed by atoms with Gasteiger partial charge in [-0.3, -0.25) is 4.79 Å². The third kappa shape index (κ3) is 2.79. The molecule has 1 aromatic rings. The molecule has 4 aliphatic carbocycles. The Hall–Kier alpha value is -1.38. The van der Waals surface area contributed by atoms with Crippen LogP contribution in [0, 0.1) is 29.0 Å².